The highest BCUT2D eigenvalue weighted by Crippen LogP contribution is 2.44. The predicted molar refractivity (Wildman–Crippen MR) is 40.5 cm³/mol. The third kappa shape index (κ3) is 1.65. The summed E-state index contributed by atoms with van der Waals surface area (Å²) in [5.74, 6) is 1.34. The van der Waals surface area contributed by atoms with Gasteiger partial charge in [0.1, 0.15) is 5.76 Å². The van der Waals surface area contributed by atoms with E-state index in [1.54, 1.807) is 12.2 Å². The molecule has 2 unspecified atom stereocenters. The summed E-state index contributed by atoms with van der Waals surface area (Å²) >= 11 is 0. The number of fused-ring (bicyclic) bond motifs is 1. The minimum Gasteiger partial charge on any atom is -0.433 e. The molecule has 2 aliphatic rings. The number of halogens is 2. The van der Waals surface area contributed by atoms with Crippen LogP contribution in [0.4, 0.5) is 8.78 Å². The van der Waals surface area contributed by atoms with Crippen molar-refractivity contribution in [2.75, 3.05) is 0 Å². The molecule has 0 N–H and O–H groups in total. The fourth-order valence-electron chi connectivity index (χ4n) is 1.41. The largest absolute Gasteiger partial charge is 0.433 e. The minimum absolute atomic E-state index is 0.307. The zero-order valence-electron chi connectivity index (χ0n) is 6.76. The summed E-state index contributed by atoms with van der Waals surface area (Å²) in [6, 6.07) is 0. The molecule has 0 aromatic heterocycles. The van der Waals surface area contributed by atoms with Gasteiger partial charge in [0, 0.05) is 6.92 Å². The summed E-state index contributed by atoms with van der Waals surface area (Å²) in [5.41, 5.74) is 0. The van der Waals surface area contributed by atoms with Crippen molar-refractivity contribution in [3.05, 3.63) is 24.0 Å². The fraction of sp³-hybridized carbons (Fsp3) is 0.556. The van der Waals surface area contributed by atoms with E-state index in [-0.39, 0.29) is 0 Å². The predicted octanol–water partition coefficient (Wildman–Crippen LogP) is 2.71. The van der Waals surface area contributed by atoms with Gasteiger partial charge < -0.3 is 4.74 Å². The van der Waals surface area contributed by atoms with Crippen molar-refractivity contribution in [1.29, 1.82) is 0 Å². The Morgan fingerprint density at radius 3 is 2.83 bits per heavy atom. The second-order valence-electron chi connectivity index (χ2n) is 3.40. The lowest BCUT2D eigenvalue weighted by atomic mass is 10.2. The van der Waals surface area contributed by atoms with Crippen LogP contribution in [0.1, 0.15) is 13.3 Å². The first kappa shape index (κ1) is 7.77. The molecule has 0 bridgehead atoms. The lowest BCUT2D eigenvalue weighted by Crippen LogP contribution is -2.14. The van der Waals surface area contributed by atoms with Crippen LogP contribution in [-0.4, -0.2) is 6.11 Å². The lowest BCUT2D eigenvalue weighted by Gasteiger charge is -2.14. The first-order valence-corrected chi connectivity index (χ1v) is 4.01. The monoisotopic (exact) mass is 172 g/mol. The second-order valence-corrected chi connectivity index (χ2v) is 3.40. The van der Waals surface area contributed by atoms with E-state index in [0.29, 0.717) is 17.6 Å². The van der Waals surface area contributed by atoms with E-state index < -0.39 is 6.11 Å². The molecule has 0 heterocycles. The Labute approximate surface area is 69.7 Å². The molecule has 2 rings (SSSR count). The summed E-state index contributed by atoms with van der Waals surface area (Å²) in [6.07, 6.45) is 3.37. The van der Waals surface area contributed by atoms with Gasteiger partial charge in [0.2, 0.25) is 0 Å². The van der Waals surface area contributed by atoms with Gasteiger partial charge in [-0.3, -0.25) is 0 Å². The smallest absolute Gasteiger partial charge is 0.394 e. The average Bonchev–Trinajstić information content (AvgIpc) is 2.61. The molecule has 1 saturated carbocycles. The summed E-state index contributed by atoms with van der Waals surface area (Å²) in [7, 11) is 0. The van der Waals surface area contributed by atoms with Gasteiger partial charge in [-0.25, -0.2) is 0 Å². The topological polar surface area (TPSA) is 9.23 Å². The zero-order valence-corrected chi connectivity index (χ0v) is 6.76. The Kier molecular flexibility index (Phi) is 1.50. The number of alkyl halides is 2. The van der Waals surface area contributed by atoms with Gasteiger partial charge in [0.15, 0.2) is 0 Å². The summed E-state index contributed by atoms with van der Waals surface area (Å²) < 4.78 is 29.1. The number of rotatable bonds is 2. The van der Waals surface area contributed by atoms with Crippen molar-refractivity contribution in [2.45, 2.75) is 19.5 Å². The molecule has 3 heteroatoms. The molecule has 0 amide bonds. The Morgan fingerprint density at radius 2 is 2.25 bits per heavy atom. The maximum absolute atomic E-state index is 12.4. The first-order valence-electron chi connectivity index (χ1n) is 4.01. The van der Waals surface area contributed by atoms with Crippen molar-refractivity contribution in [2.24, 2.45) is 11.8 Å². The van der Waals surface area contributed by atoms with Crippen LogP contribution in [-0.2, 0) is 4.74 Å². The molecule has 0 aromatic rings. The molecule has 2 aliphatic carbocycles. The molecule has 0 aromatic carbocycles. The molecule has 66 valence electrons. The van der Waals surface area contributed by atoms with Crippen LogP contribution in [0, 0.1) is 11.8 Å². The standard InChI is InChI=1S/C9H10F2O/c1-9(10,11)12-8-3-2-6-4-7(6)5-8/h2-3,5-7H,4H2,1H3. The average molecular weight is 172 g/mol. The maximum Gasteiger partial charge on any atom is 0.394 e. The SMILES string of the molecule is CC(F)(F)OC1=CC2CC2C=C1. The summed E-state index contributed by atoms with van der Waals surface area (Å²) in [5, 5.41) is 0. The quantitative estimate of drug-likeness (QED) is 0.622. The molecule has 0 saturated heterocycles. The van der Waals surface area contributed by atoms with Crippen molar-refractivity contribution < 1.29 is 13.5 Å². The summed E-state index contributed by atoms with van der Waals surface area (Å²) in [4.78, 5) is 0. The lowest BCUT2D eigenvalue weighted by molar-refractivity contribution is -0.195. The van der Waals surface area contributed by atoms with Gasteiger partial charge in [-0.15, -0.1) is 0 Å². The number of allylic oxidation sites excluding steroid dienone is 3. The van der Waals surface area contributed by atoms with Crippen LogP contribution in [0.15, 0.2) is 24.0 Å². The van der Waals surface area contributed by atoms with E-state index in [4.69, 9.17) is 0 Å². The van der Waals surface area contributed by atoms with Crippen molar-refractivity contribution in [3.63, 3.8) is 0 Å². The normalized spacial score (nSPS) is 32.4. The van der Waals surface area contributed by atoms with Gasteiger partial charge in [-0.1, -0.05) is 6.08 Å². The third-order valence-corrected chi connectivity index (χ3v) is 2.07. The zero-order chi connectivity index (χ0) is 8.77. The third-order valence-electron chi connectivity index (χ3n) is 2.07. The molecule has 0 radical (unpaired) electrons. The van der Waals surface area contributed by atoms with Crippen molar-refractivity contribution >= 4 is 0 Å². The van der Waals surface area contributed by atoms with Crippen LogP contribution in [0.2, 0.25) is 0 Å². The molecular formula is C9H10F2O. The van der Waals surface area contributed by atoms with Gasteiger partial charge in [-0.2, -0.15) is 8.78 Å². The molecule has 0 aliphatic heterocycles. The number of hydrogen-bond acceptors (Lipinski definition) is 1. The van der Waals surface area contributed by atoms with E-state index in [2.05, 4.69) is 4.74 Å². The first-order chi connectivity index (χ1) is 5.54. The van der Waals surface area contributed by atoms with E-state index in [1.807, 2.05) is 6.08 Å². The molecule has 2 atom stereocenters. The fourth-order valence-corrected chi connectivity index (χ4v) is 1.41. The molecule has 0 spiro atoms. The maximum atomic E-state index is 12.4. The van der Waals surface area contributed by atoms with Gasteiger partial charge in [0.05, 0.1) is 0 Å². The number of ether oxygens (including phenoxy) is 1. The summed E-state index contributed by atoms with van der Waals surface area (Å²) in [6.45, 7) is 0.751. The van der Waals surface area contributed by atoms with Gasteiger partial charge in [0.25, 0.3) is 0 Å². The van der Waals surface area contributed by atoms with E-state index in [1.165, 1.54) is 0 Å². The Balaban J connectivity index is 2.01. The molecule has 1 nitrogen and oxygen atoms in total. The molecule has 12 heavy (non-hydrogen) atoms. The number of hydrogen-bond donors (Lipinski definition) is 0. The van der Waals surface area contributed by atoms with Gasteiger partial charge in [-0.05, 0) is 30.4 Å². The van der Waals surface area contributed by atoms with Crippen LogP contribution in [0.25, 0.3) is 0 Å². The van der Waals surface area contributed by atoms with E-state index in [9.17, 15) is 8.78 Å². The Bertz CT molecular complexity index is 250. The van der Waals surface area contributed by atoms with Crippen LogP contribution < -0.4 is 0 Å². The highest BCUT2D eigenvalue weighted by molar-refractivity contribution is 5.26. The van der Waals surface area contributed by atoms with Crippen molar-refractivity contribution in [1.82, 2.24) is 0 Å². The van der Waals surface area contributed by atoms with Gasteiger partial charge >= 0.3 is 6.11 Å². The van der Waals surface area contributed by atoms with E-state index >= 15 is 0 Å². The Hall–Kier alpha value is -0.860. The highest BCUT2D eigenvalue weighted by Gasteiger charge is 2.36. The second kappa shape index (κ2) is 2.31. The molecular weight excluding hydrogens is 162 g/mol. The van der Waals surface area contributed by atoms with Crippen LogP contribution in [0.5, 0.6) is 0 Å². The highest BCUT2D eigenvalue weighted by atomic mass is 19.3. The Morgan fingerprint density at radius 1 is 1.50 bits per heavy atom. The van der Waals surface area contributed by atoms with Crippen LogP contribution in [0.3, 0.4) is 0 Å². The molecule has 1 fully saturated rings. The van der Waals surface area contributed by atoms with Crippen LogP contribution >= 0.6 is 0 Å². The minimum atomic E-state index is -3.06. The van der Waals surface area contributed by atoms with Crippen molar-refractivity contribution in [3.8, 4) is 0 Å². The van der Waals surface area contributed by atoms with E-state index in [0.717, 1.165) is 13.3 Å².